The Bertz CT molecular complexity index is 1050. The number of non-ortho nitro benzene ring substituents is 1. The molecule has 10 nitrogen and oxygen atoms in total. The first-order valence-electron chi connectivity index (χ1n) is 8.99. The van der Waals surface area contributed by atoms with Crippen LogP contribution in [-0.4, -0.2) is 47.2 Å². The van der Waals surface area contributed by atoms with E-state index in [1.165, 1.54) is 51.7 Å². The van der Waals surface area contributed by atoms with E-state index in [0.717, 1.165) is 0 Å². The van der Waals surface area contributed by atoms with E-state index in [0.29, 0.717) is 11.5 Å². The summed E-state index contributed by atoms with van der Waals surface area (Å²) in [5.41, 5.74) is 0.201. The molecule has 0 aliphatic heterocycles. The standard InChI is InChI=1S/C19H19Cl3N4O6S/c1-30-13-7-5-11(26(28)29)9-12(13)23-18(33)25-17(19(20,21)22)24-16(27)10-4-6-14(31-2)15(8-10)32-3/h4-9,17H,1-3H3,(H,24,27)(H2,23,25,33)/t17-/m0/s1. The van der Waals surface area contributed by atoms with E-state index in [-0.39, 0.29) is 27.8 Å². The van der Waals surface area contributed by atoms with Crippen LogP contribution in [0.1, 0.15) is 10.4 Å². The lowest BCUT2D eigenvalue weighted by Crippen LogP contribution is -2.56. The molecule has 0 aliphatic carbocycles. The van der Waals surface area contributed by atoms with Crippen molar-refractivity contribution in [3.63, 3.8) is 0 Å². The molecule has 1 atom stereocenters. The molecule has 0 heterocycles. The summed E-state index contributed by atoms with van der Waals surface area (Å²) >= 11 is 23.3. The molecular formula is C19H19Cl3N4O6S. The molecule has 0 bridgehead atoms. The number of benzene rings is 2. The number of alkyl halides is 3. The smallest absolute Gasteiger partial charge is 0.271 e. The molecule has 1 amide bonds. The van der Waals surface area contributed by atoms with Crippen LogP contribution in [0.2, 0.25) is 0 Å². The molecule has 2 aromatic rings. The number of halogens is 3. The predicted molar refractivity (Wildman–Crippen MR) is 130 cm³/mol. The molecule has 3 N–H and O–H groups in total. The summed E-state index contributed by atoms with van der Waals surface area (Å²) in [4.78, 5) is 23.2. The Hall–Kier alpha value is -2.73. The van der Waals surface area contributed by atoms with Gasteiger partial charge in [0.2, 0.25) is 3.79 Å². The van der Waals surface area contributed by atoms with E-state index in [4.69, 9.17) is 61.2 Å². The number of ether oxygens (including phenoxy) is 3. The summed E-state index contributed by atoms with van der Waals surface area (Å²) < 4.78 is 13.5. The second kappa shape index (κ2) is 11.4. The van der Waals surface area contributed by atoms with Gasteiger partial charge in [-0.3, -0.25) is 14.9 Å². The number of nitrogens with zero attached hydrogens (tertiary/aromatic N) is 1. The zero-order chi connectivity index (χ0) is 24.8. The number of carbonyl (C=O) groups excluding carboxylic acids is 1. The number of nitro groups is 1. The molecule has 33 heavy (non-hydrogen) atoms. The lowest BCUT2D eigenvalue weighted by molar-refractivity contribution is -0.384. The van der Waals surface area contributed by atoms with Crippen LogP contribution >= 0.6 is 47.0 Å². The lowest BCUT2D eigenvalue weighted by atomic mass is 10.2. The van der Waals surface area contributed by atoms with Crippen LogP contribution in [0.5, 0.6) is 17.2 Å². The summed E-state index contributed by atoms with van der Waals surface area (Å²) in [7, 11) is 4.28. The predicted octanol–water partition coefficient (Wildman–Crippen LogP) is 4.03. The van der Waals surface area contributed by atoms with Gasteiger partial charge in [0.05, 0.1) is 31.9 Å². The first-order valence-corrected chi connectivity index (χ1v) is 10.5. The second-order valence-corrected chi connectivity index (χ2v) is 9.04. The van der Waals surface area contributed by atoms with E-state index in [9.17, 15) is 14.9 Å². The zero-order valence-electron chi connectivity index (χ0n) is 17.5. The Morgan fingerprint density at radius 3 is 2.15 bits per heavy atom. The maximum Gasteiger partial charge on any atom is 0.271 e. The van der Waals surface area contributed by atoms with Gasteiger partial charge >= 0.3 is 0 Å². The van der Waals surface area contributed by atoms with Crippen LogP contribution in [0.25, 0.3) is 0 Å². The van der Waals surface area contributed by atoms with Crippen LogP contribution in [0.4, 0.5) is 11.4 Å². The Labute approximate surface area is 209 Å². The van der Waals surface area contributed by atoms with Crippen LogP contribution in [-0.2, 0) is 0 Å². The van der Waals surface area contributed by atoms with Gasteiger partial charge in [0.1, 0.15) is 11.9 Å². The van der Waals surface area contributed by atoms with Crippen molar-refractivity contribution in [2.24, 2.45) is 0 Å². The van der Waals surface area contributed by atoms with Crippen molar-refractivity contribution in [3.05, 3.63) is 52.1 Å². The number of hydrogen-bond acceptors (Lipinski definition) is 7. The summed E-state index contributed by atoms with van der Waals surface area (Å²) in [5, 5.41) is 18.9. The average Bonchev–Trinajstić information content (AvgIpc) is 2.77. The van der Waals surface area contributed by atoms with Gasteiger partial charge in [0, 0.05) is 17.7 Å². The molecule has 2 aromatic carbocycles. The molecule has 0 aliphatic rings. The molecule has 0 saturated heterocycles. The summed E-state index contributed by atoms with van der Waals surface area (Å²) in [5.74, 6) is 0.444. The number of anilines is 1. The van der Waals surface area contributed by atoms with Crippen molar-refractivity contribution in [3.8, 4) is 17.2 Å². The summed E-state index contributed by atoms with van der Waals surface area (Å²) in [6, 6.07) is 8.39. The fourth-order valence-electron chi connectivity index (χ4n) is 2.59. The minimum atomic E-state index is -2.02. The zero-order valence-corrected chi connectivity index (χ0v) is 20.6. The second-order valence-electron chi connectivity index (χ2n) is 6.26. The van der Waals surface area contributed by atoms with Crippen molar-refractivity contribution >= 4 is 69.4 Å². The number of thiocarbonyl (C=S) groups is 1. The van der Waals surface area contributed by atoms with Gasteiger partial charge in [-0.2, -0.15) is 0 Å². The minimum Gasteiger partial charge on any atom is -0.495 e. The van der Waals surface area contributed by atoms with E-state index in [1.54, 1.807) is 6.07 Å². The average molecular weight is 538 g/mol. The Kier molecular flexibility index (Phi) is 9.17. The van der Waals surface area contributed by atoms with Crippen molar-refractivity contribution in [1.82, 2.24) is 10.6 Å². The van der Waals surface area contributed by atoms with Crippen molar-refractivity contribution in [1.29, 1.82) is 0 Å². The Morgan fingerprint density at radius 2 is 1.61 bits per heavy atom. The molecule has 2 rings (SSSR count). The van der Waals surface area contributed by atoms with Gasteiger partial charge in [-0.15, -0.1) is 0 Å². The fraction of sp³-hybridized carbons (Fsp3) is 0.263. The lowest BCUT2D eigenvalue weighted by Gasteiger charge is -2.28. The van der Waals surface area contributed by atoms with Crippen LogP contribution in [0, 0.1) is 10.1 Å². The van der Waals surface area contributed by atoms with Gasteiger partial charge in [0.25, 0.3) is 11.6 Å². The van der Waals surface area contributed by atoms with Crippen LogP contribution in [0.15, 0.2) is 36.4 Å². The third-order valence-corrected chi connectivity index (χ3v) is 5.04. The third kappa shape index (κ3) is 7.13. The number of hydrogen-bond donors (Lipinski definition) is 3. The summed E-state index contributed by atoms with van der Waals surface area (Å²) in [6.07, 6.45) is -1.28. The molecule has 0 spiro atoms. The number of nitro benzene ring substituents is 1. The number of amides is 1. The van der Waals surface area contributed by atoms with Crippen LogP contribution < -0.4 is 30.2 Å². The maximum absolute atomic E-state index is 12.7. The van der Waals surface area contributed by atoms with Gasteiger partial charge in [0.15, 0.2) is 16.6 Å². The molecule has 178 valence electrons. The molecule has 0 radical (unpaired) electrons. The van der Waals surface area contributed by atoms with E-state index < -0.39 is 20.8 Å². The van der Waals surface area contributed by atoms with Crippen molar-refractivity contribution in [2.75, 3.05) is 26.6 Å². The number of rotatable bonds is 8. The van der Waals surface area contributed by atoms with E-state index in [2.05, 4.69) is 16.0 Å². The van der Waals surface area contributed by atoms with Crippen molar-refractivity contribution < 1.29 is 23.9 Å². The first kappa shape index (κ1) is 26.5. The molecule has 0 unspecified atom stereocenters. The highest BCUT2D eigenvalue weighted by molar-refractivity contribution is 7.80. The first-order chi connectivity index (χ1) is 15.5. The third-order valence-electron chi connectivity index (χ3n) is 4.17. The fourth-order valence-corrected chi connectivity index (χ4v) is 3.14. The van der Waals surface area contributed by atoms with Gasteiger partial charge in [-0.1, -0.05) is 34.8 Å². The highest BCUT2D eigenvalue weighted by atomic mass is 35.6. The van der Waals surface area contributed by atoms with E-state index >= 15 is 0 Å². The quantitative estimate of drug-likeness (QED) is 0.150. The molecule has 0 aromatic heterocycles. The largest absolute Gasteiger partial charge is 0.495 e. The number of nitrogens with one attached hydrogen (secondary N) is 3. The maximum atomic E-state index is 12.7. The summed E-state index contributed by atoms with van der Waals surface area (Å²) in [6.45, 7) is 0. The highest BCUT2D eigenvalue weighted by Gasteiger charge is 2.35. The highest BCUT2D eigenvalue weighted by Crippen LogP contribution is 2.32. The van der Waals surface area contributed by atoms with Crippen LogP contribution in [0.3, 0.4) is 0 Å². The van der Waals surface area contributed by atoms with Gasteiger partial charge in [-0.25, -0.2) is 0 Å². The monoisotopic (exact) mass is 536 g/mol. The molecule has 0 saturated carbocycles. The number of methoxy groups -OCH3 is 3. The minimum absolute atomic E-state index is 0.0993. The molecular weight excluding hydrogens is 519 g/mol. The SMILES string of the molecule is COc1ccc([N+](=O)[O-])cc1NC(=S)N[C@H](NC(=O)c1ccc(OC)c(OC)c1)C(Cl)(Cl)Cl. The van der Waals surface area contributed by atoms with Gasteiger partial charge in [-0.05, 0) is 36.5 Å². The van der Waals surface area contributed by atoms with E-state index in [1.807, 2.05) is 0 Å². The topological polar surface area (TPSA) is 124 Å². The van der Waals surface area contributed by atoms with Crippen molar-refractivity contribution in [2.45, 2.75) is 9.96 Å². The van der Waals surface area contributed by atoms with Gasteiger partial charge < -0.3 is 30.2 Å². The Balaban J connectivity index is 2.20. The number of carbonyl (C=O) groups is 1. The molecule has 14 heteroatoms. The molecule has 0 fully saturated rings. The normalized spacial score (nSPS) is 11.7. The Morgan fingerprint density at radius 1 is 1.00 bits per heavy atom.